The Balaban J connectivity index is 1.92. The average molecular weight is 314 g/mol. The Morgan fingerprint density at radius 3 is 2.86 bits per heavy atom. The van der Waals surface area contributed by atoms with Crippen LogP contribution in [-0.2, 0) is 4.74 Å². The van der Waals surface area contributed by atoms with Gasteiger partial charge in [-0.3, -0.25) is 9.69 Å². The first kappa shape index (κ1) is 15.9. The molecule has 0 radical (unpaired) electrons. The summed E-state index contributed by atoms with van der Waals surface area (Å²) < 4.78 is 10.5. The van der Waals surface area contributed by atoms with Crippen molar-refractivity contribution in [1.82, 2.24) is 10.2 Å². The molecule has 1 saturated heterocycles. The Morgan fingerprint density at radius 1 is 1.48 bits per heavy atom. The second-order valence-electron chi connectivity index (χ2n) is 4.78. The van der Waals surface area contributed by atoms with Gasteiger partial charge in [-0.2, -0.15) is 0 Å². The van der Waals surface area contributed by atoms with Crippen molar-refractivity contribution in [1.29, 1.82) is 0 Å². The van der Waals surface area contributed by atoms with Crippen molar-refractivity contribution in [3.8, 4) is 5.75 Å². The van der Waals surface area contributed by atoms with Gasteiger partial charge in [-0.1, -0.05) is 11.6 Å². The molecule has 1 fully saturated rings. The topological polar surface area (TPSA) is 76.8 Å². The molecule has 1 aliphatic rings. The quantitative estimate of drug-likeness (QED) is 0.793. The number of halogens is 1. The number of rotatable bonds is 5. The van der Waals surface area contributed by atoms with E-state index in [4.69, 9.17) is 26.8 Å². The van der Waals surface area contributed by atoms with E-state index in [1.54, 1.807) is 6.07 Å². The van der Waals surface area contributed by atoms with Crippen LogP contribution in [0.1, 0.15) is 10.4 Å². The number of carbonyl (C=O) groups excluding carboxylic acids is 1. The van der Waals surface area contributed by atoms with Crippen LogP contribution >= 0.6 is 11.6 Å². The number of ether oxygens (including phenoxy) is 2. The zero-order valence-corrected chi connectivity index (χ0v) is 12.8. The van der Waals surface area contributed by atoms with Crippen LogP contribution in [-0.4, -0.2) is 57.3 Å². The van der Waals surface area contributed by atoms with Gasteiger partial charge in [-0.05, 0) is 6.07 Å². The highest BCUT2D eigenvalue weighted by molar-refractivity contribution is 6.33. The van der Waals surface area contributed by atoms with Crippen molar-refractivity contribution in [2.24, 2.45) is 0 Å². The van der Waals surface area contributed by atoms with Crippen molar-refractivity contribution in [2.45, 2.75) is 0 Å². The zero-order valence-electron chi connectivity index (χ0n) is 12.0. The first-order valence-electron chi connectivity index (χ1n) is 6.83. The van der Waals surface area contributed by atoms with Gasteiger partial charge in [0.05, 0.1) is 36.6 Å². The van der Waals surface area contributed by atoms with Gasteiger partial charge in [0.25, 0.3) is 5.91 Å². The molecule has 2 rings (SSSR count). The van der Waals surface area contributed by atoms with Gasteiger partial charge in [0.15, 0.2) is 0 Å². The minimum atomic E-state index is -0.220. The number of morpholine rings is 1. The van der Waals surface area contributed by atoms with Crippen LogP contribution in [0.3, 0.4) is 0 Å². The maximum Gasteiger partial charge on any atom is 0.255 e. The number of hydrogen-bond acceptors (Lipinski definition) is 5. The molecule has 0 saturated carbocycles. The number of anilines is 1. The van der Waals surface area contributed by atoms with Gasteiger partial charge in [0.2, 0.25) is 0 Å². The van der Waals surface area contributed by atoms with Crippen LogP contribution in [0.25, 0.3) is 0 Å². The summed E-state index contributed by atoms with van der Waals surface area (Å²) >= 11 is 5.96. The van der Waals surface area contributed by atoms with Crippen molar-refractivity contribution >= 4 is 23.2 Å². The molecule has 0 aromatic heterocycles. The lowest BCUT2D eigenvalue weighted by Gasteiger charge is -2.26. The molecule has 1 aromatic carbocycles. The lowest BCUT2D eigenvalue weighted by atomic mass is 10.1. The largest absolute Gasteiger partial charge is 0.496 e. The van der Waals surface area contributed by atoms with Gasteiger partial charge in [-0.15, -0.1) is 0 Å². The van der Waals surface area contributed by atoms with Gasteiger partial charge < -0.3 is 20.5 Å². The fraction of sp³-hybridized carbons (Fsp3) is 0.500. The predicted octanol–water partition coefficient (Wildman–Crippen LogP) is 0.993. The van der Waals surface area contributed by atoms with Crippen LogP contribution in [0.5, 0.6) is 5.75 Å². The van der Waals surface area contributed by atoms with Crippen LogP contribution in [0.15, 0.2) is 12.1 Å². The third kappa shape index (κ3) is 4.23. The first-order chi connectivity index (χ1) is 10.1. The molecule has 1 heterocycles. The number of methoxy groups -OCH3 is 1. The normalized spacial score (nSPS) is 15.7. The molecule has 0 bridgehead atoms. The molecule has 1 amide bonds. The standard InChI is InChI=1S/C14H20ClN3O3/c1-20-13-9-12(16)11(15)8-10(13)14(19)17-2-3-18-4-6-21-7-5-18/h8-9H,2-7,16H2,1H3,(H,17,19). The number of nitrogens with zero attached hydrogens (tertiary/aromatic N) is 1. The lowest BCUT2D eigenvalue weighted by molar-refractivity contribution is 0.0383. The minimum Gasteiger partial charge on any atom is -0.496 e. The van der Waals surface area contributed by atoms with E-state index in [-0.39, 0.29) is 5.91 Å². The number of amides is 1. The highest BCUT2D eigenvalue weighted by Gasteiger charge is 2.15. The molecule has 21 heavy (non-hydrogen) atoms. The van der Waals surface area contributed by atoms with Crippen molar-refractivity contribution in [2.75, 3.05) is 52.2 Å². The Hall–Kier alpha value is -1.50. The van der Waals surface area contributed by atoms with Gasteiger partial charge in [0, 0.05) is 32.2 Å². The summed E-state index contributed by atoms with van der Waals surface area (Å²) in [6.45, 7) is 4.63. The highest BCUT2D eigenvalue weighted by Crippen LogP contribution is 2.28. The van der Waals surface area contributed by atoms with Gasteiger partial charge in [-0.25, -0.2) is 0 Å². The summed E-state index contributed by atoms with van der Waals surface area (Å²) in [6.07, 6.45) is 0. The molecule has 0 unspecified atom stereocenters. The molecule has 0 aliphatic carbocycles. The molecular formula is C14H20ClN3O3. The van der Waals surface area contributed by atoms with Crippen molar-refractivity contribution < 1.29 is 14.3 Å². The molecular weight excluding hydrogens is 294 g/mol. The summed E-state index contributed by atoms with van der Waals surface area (Å²) in [6, 6.07) is 3.08. The monoisotopic (exact) mass is 313 g/mol. The summed E-state index contributed by atoms with van der Waals surface area (Å²) in [5, 5.41) is 3.21. The minimum absolute atomic E-state index is 0.220. The SMILES string of the molecule is COc1cc(N)c(Cl)cc1C(=O)NCCN1CCOCC1. The summed E-state index contributed by atoms with van der Waals surface area (Å²) in [4.78, 5) is 14.4. The van der Waals surface area contributed by atoms with Crippen molar-refractivity contribution in [3.05, 3.63) is 22.7 Å². The van der Waals surface area contributed by atoms with E-state index in [2.05, 4.69) is 10.2 Å². The van der Waals surface area contributed by atoms with E-state index in [1.165, 1.54) is 13.2 Å². The number of benzene rings is 1. The number of nitrogen functional groups attached to an aromatic ring is 1. The Kier molecular flexibility index (Phi) is 5.67. The molecule has 3 N–H and O–H groups in total. The van der Waals surface area contributed by atoms with E-state index < -0.39 is 0 Å². The average Bonchev–Trinajstić information content (AvgIpc) is 2.50. The van der Waals surface area contributed by atoms with Crippen LogP contribution in [0.4, 0.5) is 5.69 Å². The molecule has 6 nitrogen and oxygen atoms in total. The van der Waals surface area contributed by atoms with Crippen LogP contribution < -0.4 is 15.8 Å². The molecule has 7 heteroatoms. The van der Waals surface area contributed by atoms with E-state index in [0.29, 0.717) is 28.6 Å². The molecule has 0 atom stereocenters. The Morgan fingerprint density at radius 2 is 2.19 bits per heavy atom. The van der Waals surface area contributed by atoms with E-state index in [0.717, 1.165) is 32.8 Å². The van der Waals surface area contributed by atoms with Crippen molar-refractivity contribution in [3.63, 3.8) is 0 Å². The Bertz CT molecular complexity index is 504. The van der Waals surface area contributed by atoms with E-state index in [9.17, 15) is 4.79 Å². The van der Waals surface area contributed by atoms with Crippen LogP contribution in [0.2, 0.25) is 5.02 Å². The number of carbonyl (C=O) groups is 1. The van der Waals surface area contributed by atoms with Gasteiger partial charge >= 0.3 is 0 Å². The van der Waals surface area contributed by atoms with Gasteiger partial charge in [0.1, 0.15) is 5.75 Å². The number of nitrogens with two attached hydrogens (primary N) is 1. The second-order valence-corrected chi connectivity index (χ2v) is 5.19. The fourth-order valence-electron chi connectivity index (χ4n) is 2.16. The maximum absolute atomic E-state index is 12.2. The summed E-state index contributed by atoms with van der Waals surface area (Å²) in [5.41, 5.74) is 6.48. The zero-order chi connectivity index (χ0) is 15.2. The summed E-state index contributed by atoms with van der Waals surface area (Å²) in [7, 11) is 1.49. The second kappa shape index (κ2) is 7.49. The molecule has 1 aromatic rings. The lowest BCUT2D eigenvalue weighted by Crippen LogP contribution is -2.41. The smallest absolute Gasteiger partial charge is 0.255 e. The first-order valence-corrected chi connectivity index (χ1v) is 7.21. The summed E-state index contributed by atoms with van der Waals surface area (Å²) in [5.74, 6) is 0.197. The fourth-order valence-corrected chi connectivity index (χ4v) is 2.33. The third-order valence-electron chi connectivity index (χ3n) is 3.38. The molecule has 116 valence electrons. The van der Waals surface area contributed by atoms with Crippen LogP contribution in [0, 0.1) is 0 Å². The van der Waals surface area contributed by atoms with E-state index >= 15 is 0 Å². The number of hydrogen-bond donors (Lipinski definition) is 2. The third-order valence-corrected chi connectivity index (χ3v) is 3.71. The molecule has 1 aliphatic heterocycles. The predicted molar refractivity (Wildman–Crippen MR) is 82.0 cm³/mol. The Labute approximate surface area is 129 Å². The molecule has 0 spiro atoms. The van der Waals surface area contributed by atoms with E-state index in [1.807, 2.05) is 0 Å². The number of nitrogens with one attached hydrogen (secondary N) is 1. The highest BCUT2D eigenvalue weighted by atomic mass is 35.5. The maximum atomic E-state index is 12.2.